The number of carbonyl (C=O) groups excluding carboxylic acids is 1. The Morgan fingerprint density at radius 1 is 1.27 bits per heavy atom. The minimum absolute atomic E-state index is 0.861. The smallest absolute Gasteiger partial charge is 0.329 e. The molecule has 0 aliphatic heterocycles. The molecule has 0 saturated carbocycles. The highest BCUT2D eigenvalue weighted by molar-refractivity contribution is 6.41. The largest absolute Gasteiger partial charge is 0.481 e. The Balaban J connectivity index is 4.04. The summed E-state index contributed by atoms with van der Waals surface area (Å²) in [6.45, 7) is 0. The van der Waals surface area contributed by atoms with Crippen molar-refractivity contribution in [3.05, 3.63) is 0 Å². The van der Waals surface area contributed by atoms with Crippen LogP contribution in [-0.2, 0) is 14.4 Å². The molecule has 0 aliphatic carbocycles. The Bertz CT molecular complexity index is 199. The van der Waals surface area contributed by atoms with Crippen LogP contribution in [0.15, 0.2) is 0 Å². The van der Waals surface area contributed by atoms with Gasteiger partial charge >= 0.3 is 11.9 Å². The molecule has 0 bridgehead atoms. The van der Waals surface area contributed by atoms with Gasteiger partial charge in [0.25, 0.3) is 0 Å². The minimum Gasteiger partial charge on any atom is -0.481 e. The molecule has 62 valence electrons. The van der Waals surface area contributed by atoms with Crippen LogP contribution in [0.1, 0.15) is 6.42 Å². The number of ketones is 1. The highest BCUT2D eigenvalue weighted by Gasteiger charge is 2.24. The van der Waals surface area contributed by atoms with Gasteiger partial charge in [-0.25, -0.2) is 0 Å². The molecule has 0 radical (unpaired) electrons. The topological polar surface area (TPSA) is 91.7 Å². The van der Waals surface area contributed by atoms with Crippen LogP contribution in [0.4, 0.5) is 0 Å². The Labute approximate surface area is 66.6 Å². The molecule has 6 heteroatoms. The Hall–Kier alpha value is -1.10. The van der Waals surface area contributed by atoms with E-state index in [1.54, 1.807) is 0 Å². The van der Waals surface area contributed by atoms with E-state index >= 15 is 0 Å². The number of halogens is 1. The monoisotopic (exact) mass is 180 g/mol. The van der Waals surface area contributed by atoms with Gasteiger partial charge in [0.15, 0.2) is 11.2 Å². The normalized spacial score (nSPS) is 12.1. The average molecular weight is 181 g/mol. The Kier molecular flexibility index (Phi) is 3.53. The third-order valence-electron chi connectivity index (χ3n) is 0.825. The van der Waals surface area contributed by atoms with E-state index in [0.29, 0.717) is 0 Å². The molecule has 0 heterocycles. The molecule has 5 nitrogen and oxygen atoms in total. The fourth-order valence-corrected chi connectivity index (χ4v) is 0.454. The van der Waals surface area contributed by atoms with Crippen molar-refractivity contribution in [1.29, 1.82) is 0 Å². The number of aliphatic carboxylic acids is 2. The summed E-state index contributed by atoms with van der Waals surface area (Å²) in [5.74, 6) is -3.94. The summed E-state index contributed by atoms with van der Waals surface area (Å²) in [7, 11) is 0. The molecule has 0 amide bonds. The number of hydrogen-bond donors (Lipinski definition) is 2. The number of rotatable bonds is 4. The van der Waals surface area contributed by atoms with Gasteiger partial charge in [-0.05, 0) is 0 Å². The van der Waals surface area contributed by atoms with Crippen molar-refractivity contribution in [3.63, 3.8) is 0 Å². The fourth-order valence-electron chi connectivity index (χ4n) is 0.376. The van der Waals surface area contributed by atoms with Gasteiger partial charge in [-0.3, -0.25) is 14.4 Å². The summed E-state index contributed by atoms with van der Waals surface area (Å²) >= 11 is 5.00. The number of hydrogen-bond acceptors (Lipinski definition) is 3. The fraction of sp³-hybridized carbons (Fsp3) is 0.400. The molecule has 1 unspecified atom stereocenters. The first-order valence-electron chi connectivity index (χ1n) is 2.56. The summed E-state index contributed by atoms with van der Waals surface area (Å²) in [4.78, 5) is 30.3. The standard InChI is InChI=1S/C5H5ClO5/c6-4(5(10)11)2(7)1-3(8)9/h4H,1H2,(H,8,9)(H,10,11). The second kappa shape index (κ2) is 3.92. The molecule has 0 fully saturated rings. The number of carbonyl (C=O) groups is 3. The summed E-state index contributed by atoms with van der Waals surface area (Å²) in [5, 5.41) is 14.4. The number of carboxylic acid groups (broad SMARTS) is 2. The second-order valence-corrected chi connectivity index (χ2v) is 2.17. The van der Waals surface area contributed by atoms with Crippen LogP contribution in [0.2, 0.25) is 0 Å². The van der Waals surface area contributed by atoms with Crippen molar-refractivity contribution >= 4 is 29.3 Å². The first-order chi connectivity index (χ1) is 4.95. The van der Waals surface area contributed by atoms with Gasteiger partial charge in [0, 0.05) is 0 Å². The molecule has 0 aliphatic rings. The van der Waals surface area contributed by atoms with Crippen LogP contribution >= 0.6 is 11.6 Å². The van der Waals surface area contributed by atoms with Crippen molar-refractivity contribution < 1.29 is 24.6 Å². The van der Waals surface area contributed by atoms with Gasteiger partial charge in [0.05, 0.1) is 0 Å². The molecule has 0 aromatic heterocycles. The van der Waals surface area contributed by atoms with Crippen LogP contribution in [-0.4, -0.2) is 33.3 Å². The third-order valence-corrected chi connectivity index (χ3v) is 1.26. The quantitative estimate of drug-likeness (QED) is 0.459. The van der Waals surface area contributed by atoms with Crippen LogP contribution in [0, 0.1) is 0 Å². The van der Waals surface area contributed by atoms with Crippen molar-refractivity contribution in [2.75, 3.05) is 0 Å². The maximum absolute atomic E-state index is 10.5. The Morgan fingerprint density at radius 3 is 2.00 bits per heavy atom. The zero-order valence-electron chi connectivity index (χ0n) is 5.28. The van der Waals surface area contributed by atoms with Crippen LogP contribution < -0.4 is 0 Å². The van der Waals surface area contributed by atoms with E-state index in [0.717, 1.165) is 0 Å². The van der Waals surface area contributed by atoms with E-state index in [1.807, 2.05) is 0 Å². The van der Waals surface area contributed by atoms with Crippen LogP contribution in [0.3, 0.4) is 0 Å². The first-order valence-corrected chi connectivity index (χ1v) is 3.00. The van der Waals surface area contributed by atoms with Crippen molar-refractivity contribution in [2.45, 2.75) is 11.8 Å². The van der Waals surface area contributed by atoms with Gasteiger partial charge < -0.3 is 10.2 Å². The second-order valence-electron chi connectivity index (χ2n) is 1.74. The highest BCUT2D eigenvalue weighted by Crippen LogP contribution is 2.00. The molecule has 0 aromatic rings. The van der Waals surface area contributed by atoms with Gasteiger partial charge in [-0.15, -0.1) is 11.6 Å². The lowest BCUT2D eigenvalue weighted by molar-refractivity contribution is -0.142. The number of Topliss-reactive ketones (excluding diaryl/α,β-unsaturated/α-hetero) is 1. The van der Waals surface area contributed by atoms with E-state index in [-0.39, 0.29) is 0 Å². The SMILES string of the molecule is O=C(O)CC(=O)C(Cl)C(=O)O. The summed E-state index contributed by atoms with van der Waals surface area (Å²) in [5.41, 5.74) is 0. The molecule has 0 saturated heterocycles. The highest BCUT2D eigenvalue weighted by atomic mass is 35.5. The van der Waals surface area contributed by atoms with E-state index in [1.165, 1.54) is 0 Å². The molecular weight excluding hydrogens is 176 g/mol. The number of alkyl halides is 1. The summed E-state index contributed by atoms with van der Waals surface area (Å²) in [6.07, 6.45) is -0.861. The van der Waals surface area contributed by atoms with E-state index < -0.39 is 29.5 Å². The van der Waals surface area contributed by atoms with Crippen molar-refractivity contribution in [1.82, 2.24) is 0 Å². The molecule has 0 rings (SSSR count). The van der Waals surface area contributed by atoms with E-state index in [2.05, 4.69) is 0 Å². The zero-order chi connectivity index (χ0) is 9.02. The van der Waals surface area contributed by atoms with E-state index in [4.69, 9.17) is 21.8 Å². The van der Waals surface area contributed by atoms with Crippen molar-refractivity contribution in [2.24, 2.45) is 0 Å². The van der Waals surface area contributed by atoms with Crippen LogP contribution in [0.5, 0.6) is 0 Å². The minimum atomic E-state index is -1.76. The molecule has 1 atom stereocenters. The predicted molar refractivity (Wildman–Crippen MR) is 34.5 cm³/mol. The van der Waals surface area contributed by atoms with Gasteiger partial charge in [-0.2, -0.15) is 0 Å². The summed E-state index contributed by atoms with van der Waals surface area (Å²) in [6, 6.07) is 0. The lowest BCUT2D eigenvalue weighted by Crippen LogP contribution is -2.26. The lowest BCUT2D eigenvalue weighted by atomic mass is 10.2. The third kappa shape index (κ3) is 3.57. The summed E-state index contributed by atoms with van der Waals surface area (Å²) < 4.78 is 0. The molecule has 11 heavy (non-hydrogen) atoms. The maximum Gasteiger partial charge on any atom is 0.329 e. The molecule has 0 aromatic carbocycles. The van der Waals surface area contributed by atoms with Gasteiger partial charge in [0.2, 0.25) is 0 Å². The zero-order valence-corrected chi connectivity index (χ0v) is 6.04. The lowest BCUT2D eigenvalue weighted by Gasteiger charge is -1.98. The molecular formula is C5H5ClO5. The predicted octanol–water partition coefficient (Wildman–Crippen LogP) is -0.278. The van der Waals surface area contributed by atoms with Crippen LogP contribution in [0.25, 0.3) is 0 Å². The van der Waals surface area contributed by atoms with E-state index in [9.17, 15) is 14.4 Å². The Morgan fingerprint density at radius 2 is 1.73 bits per heavy atom. The average Bonchev–Trinajstić information content (AvgIpc) is 1.84. The molecule has 0 spiro atoms. The maximum atomic E-state index is 10.5. The number of carboxylic acids is 2. The molecule has 2 N–H and O–H groups in total. The van der Waals surface area contributed by atoms with Crippen molar-refractivity contribution in [3.8, 4) is 0 Å². The van der Waals surface area contributed by atoms with Gasteiger partial charge in [0.1, 0.15) is 6.42 Å². The van der Waals surface area contributed by atoms with Gasteiger partial charge in [-0.1, -0.05) is 0 Å². The first kappa shape index (κ1) is 9.90.